The van der Waals surface area contributed by atoms with Crippen molar-refractivity contribution in [2.45, 2.75) is 18.9 Å². The molecule has 2 N–H and O–H groups in total. The number of likely N-dealkylation sites (tertiary alicyclic amines) is 1. The van der Waals surface area contributed by atoms with Gasteiger partial charge >= 0.3 is 5.97 Å². The third-order valence-electron chi connectivity index (χ3n) is 3.87. The van der Waals surface area contributed by atoms with Gasteiger partial charge in [-0.15, -0.1) is 0 Å². The Kier molecular flexibility index (Phi) is 4.44. The van der Waals surface area contributed by atoms with E-state index in [0.717, 1.165) is 25.9 Å². The molecule has 0 atom stereocenters. The van der Waals surface area contributed by atoms with E-state index in [1.807, 2.05) is 7.05 Å². The highest BCUT2D eigenvalue weighted by Gasteiger charge is 2.23. The molecule has 2 heterocycles. The summed E-state index contributed by atoms with van der Waals surface area (Å²) in [5, 5.41) is 0. The fourth-order valence-electron chi connectivity index (χ4n) is 2.52. The Morgan fingerprint density at radius 1 is 1.45 bits per heavy atom. The van der Waals surface area contributed by atoms with Gasteiger partial charge < -0.3 is 20.3 Å². The minimum Gasteiger partial charge on any atom is -0.464 e. The first-order valence-electron chi connectivity index (χ1n) is 6.79. The Labute approximate surface area is 119 Å². The Bertz CT molecular complexity index is 484. The molecule has 1 fully saturated rings. The maximum absolute atomic E-state index is 11.6. The van der Waals surface area contributed by atoms with Gasteiger partial charge in [0.05, 0.1) is 12.8 Å². The summed E-state index contributed by atoms with van der Waals surface area (Å²) >= 11 is 0. The van der Waals surface area contributed by atoms with Crippen LogP contribution in [-0.4, -0.2) is 56.2 Å². The molecule has 6 heteroatoms. The summed E-state index contributed by atoms with van der Waals surface area (Å²) in [5.41, 5.74) is 6.87. The van der Waals surface area contributed by atoms with Crippen LogP contribution < -0.4 is 10.6 Å². The third-order valence-corrected chi connectivity index (χ3v) is 3.87. The van der Waals surface area contributed by atoms with Gasteiger partial charge in [-0.2, -0.15) is 0 Å². The van der Waals surface area contributed by atoms with Crippen molar-refractivity contribution < 1.29 is 9.53 Å². The molecule has 1 saturated heterocycles. The number of nitrogens with two attached hydrogens (primary N) is 1. The number of carbonyl (C=O) groups is 1. The van der Waals surface area contributed by atoms with Gasteiger partial charge in [0.15, 0.2) is 11.5 Å². The number of anilines is 2. The quantitative estimate of drug-likeness (QED) is 0.831. The molecular formula is C14H22N4O2. The van der Waals surface area contributed by atoms with Gasteiger partial charge in [-0.3, -0.25) is 0 Å². The van der Waals surface area contributed by atoms with E-state index in [4.69, 9.17) is 10.5 Å². The number of pyridine rings is 1. The molecular weight excluding hydrogens is 256 g/mol. The Morgan fingerprint density at radius 2 is 2.10 bits per heavy atom. The van der Waals surface area contributed by atoms with Crippen molar-refractivity contribution in [3.63, 3.8) is 0 Å². The molecule has 0 bridgehead atoms. The summed E-state index contributed by atoms with van der Waals surface area (Å²) in [7, 11) is 5.46. The normalized spacial score (nSPS) is 16.9. The van der Waals surface area contributed by atoms with Gasteiger partial charge in [0.2, 0.25) is 0 Å². The molecule has 20 heavy (non-hydrogen) atoms. The van der Waals surface area contributed by atoms with Crippen LogP contribution in [0.2, 0.25) is 0 Å². The smallest absolute Gasteiger partial charge is 0.356 e. The number of rotatable bonds is 3. The molecule has 1 aliphatic heterocycles. The molecule has 0 spiro atoms. The van der Waals surface area contributed by atoms with E-state index < -0.39 is 5.97 Å². The molecule has 0 aromatic carbocycles. The number of aromatic nitrogens is 1. The van der Waals surface area contributed by atoms with Gasteiger partial charge in [-0.25, -0.2) is 9.78 Å². The predicted molar refractivity (Wildman–Crippen MR) is 78.9 cm³/mol. The molecule has 6 nitrogen and oxygen atoms in total. The second-order valence-corrected chi connectivity index (χ2v) is 5.25. The molecule has 1 aliphatic rings. The standard InChI is InChI=1S/C14H22N4O2/c1-17-8-6-10(7-9-17)18(2)13-11(15)4-5-12(16-13)14(19)20-3/h4-5,10H,6-9,15H2,1-3H3. The summed E-state index contributed by atoms with van der Waals surface area (Å²) in [5.74, 6) is 0.213. The number of hydrogen-bond donors (Lipinski definition) is 1. The van der Waals surface area contributed by atoms with Crippen molar-refractivity contribution in [1.82, 2.24) is 9.88 Å². The van der Waals surface area contributed by atoms with Crippen molar-refractivity contribution >= 4 is 17.5 Å². The van der Waals surface area contributed by atoms with Crippen molar-refractivity contribution in [3.8, 4) is 0 Å². The van der Waals surface area contributed by atoms with Crippen LogP contribution in [0, 0.1) is 0 Å². The first kappa shape index (κ1) is 14.6. The van der Waals surface area contributed by atoms with Crippen LogP contribution in [-0.2, 0) is 4.74 Å². The number of carbonyl (C=O) groups excluding carboxylic acids is 1. The minimum absolute atomic E-state index is 0.288. The molecule has 0 radical (unpaired) electrons. The fraction of sp³-hybridized carbons (Fsp3) is 0.571. The molecule has 0 unspecified atom stereocenters. The summed E-state index contributed by atoms with van der Waals surface area (Å²) in [6.07, 6.45) is 2.13. The first-order chi connectivity index (χ1) is 9.52. The van der Waals surface area contributed by atoms with Crippen molar-refractivity contribution in [3.05, 3.63) is 17.8 Å². The third kappa shape index (κ3) is 3.01. The number of esters is 1. The van der Waals surface area contributed by atoms with E-state index in [9.17, 15) is 4.79 Å². The van der Waals surface area contributed by atoms with Gasteiger partial charge in [0, 0.05) is 13.1 Å². The van der Waals surface area contributed by atoms with E-state index in [1.165, 1.54) is 7.11 Å². The van der Waals surface area contributed by atoms with E-state index in [2.05, 4.69) is 21.8 Å². The highest BCUT2D eigenvalue weighted by Crippen LogP contribution is 2.25. The maximum atomic E-state index is 11.6. The Balaban J connectivity index is 2.20. The van der Waals surface area contributed by atoms with E-state index >= 15 is 0 Å². The highest BCUT2D eigenvalue weighted by molar-refractivity contribution is 5.88. The van der Waals surface area contributed by atoms with E-state index in [0.29, 0.717) is 17.5 Å². The number of piperidine rings is 1. The first-order valence-corrected chi connectivity index (χ1v) is 6.79. The monoisotopic (exact) mass is 278 g/mol. The number of nitrogen functional groups attached to an aromatic ring is 1. The van der Waals surface area contributed by atoms with Crippen LogP contribution in [0.15, 0.2) is 12.1 Å². The Hall–Kier alpha value is -1.82. The zero-order valence-corrected chi connectivity index (χ0v) is 12.3. The van der Waals surface area contributed by atoms with Crippen LogP contribution in [0.3, 0.4) is 0 Å². The summed E-state index contributed by atoms with van der Waals surface area (Å²) in [4.78, 5) is 20.3. The van der Waals surface area contributed by atoms with Gasteiger partial charge in [0.25, 0.3) is 0 Å². The molecule has 0 aliphatic carbocycles. The zero-order chi connectivity index (χ0) is 14.7. The number of hydrogen-bond acceptors (Lipinski definition) is 6. The number of methoxy groups -OCH3 is 1. The van der Waals surface area contributed by atoms with Gasteiger partial charge in [-0.1, -0.05) is 0 Å². The van der Waals surface area contributed by atoms with Crippen LogP contribution in [0.25, 0.3) is 0 Å². The number of ether oxygens (including phenoxy) is 1. The fourth-order valence-corrected chi connectivity index (χ4v) is 2.52. The highest BCUT2D eigenvalue weighted by atomic mass is 16.5. The lowest BCUT2D eigenvalue weighted by molar-refractivity contribution is 0.0594. The van der Waals surface area contributed by atoms with Crippen molar-refractivity contribution in [2.75, 3.05) is 44.9 Å². The van der Waals surface area contributed by atoms with Crippen molar-refractivity contribution in [1.29, 1.82) is 0 Å². The molecule has 2 rings (SSSR count). The largest absolute Gasteiger partial charge is 0.464 e. The number of nitrogens with zero attached hydrogens (tertiary/aromatic N) is 3. The average molecular weight is 278 g/mol. The predicted octanol–water partition coefficient (Wildman–Crippen LogP) is 0.981. The van der Waals surface area contributed by atoms with Crippen molar-refractivity contribution in [2.24, 2.45) is 0 Å². The lowest BCUT2D eigenvalue weighted by atomic mass is 10.0. The zero-order valence-electron chi connectivity index (χ0n) is 12.3. The maximum Gasteiger partial charge on any atom is 0.356 e. The molecule has 110 valence electrons. The molecule has 0 amide bonds. The van der Waals surface area contributed by atoms with Crippen LogP contribution in [0.5, 0.6) is 0 Å². The Morgan fingerprint density at radius 3 is 2.70 bits per heavy atom. The summed E-state index contributed by atoms with van der Waals surface area (Å²) < 4.78 is 4.70. The molecule has 1 aromatic rings. The molecule has 1 aromatic heterocycles. The van der Waals surface area contributed by atoms with Gasteiger partial charge in [-0.05, 0) is 45.1 Å². The van der Waals surface area contributed by atoms with Crippen LogP contribution >= 0.6 is 0 Å². The van der Waals surface area contributed by atoms with Crippen LogP contribution in [0.4, 0.5) is 11.5 Å². The summed E-state index contributed by atoms with van der Waals surface area (Å²) in [6, 6.07) is 3.70. The average Bonchev–Trinajstić information content (AvgIpc) is 2.47. The summed E-state index contributed by atoms with van der Waals surface area (Å²) in [6.45, 7) is 2.12. The van der Waals surface area contributed by atoms with E-state index in [1.54, 1.807) is 12.1 Å². The lowest BCUT2D eigenvalue weighted by Gasteiger charge is -2.36. The van der Waals surface area contributed by atoms with Gasteiger partial charge in [0.1, 0.15) is 0 Å². The van der Waals surface area contributed by atoms with E-state index in [-0.39, 0.29) is 5.69 Å². The minimum atomic E-state index is -0.442. The lowest BCUT2D eigenvalue weighted by Crippen LogP contribution is -2.42. The SMILES string of the molecule is COC(=O)c1ccc(N)c(N(C)C2CCN(C)CC2)n1. The molecule has 0 saturated carbocycles. The topological polar surface area (TPSA) is 71.7 Å². The second kappa shape index (κ2) is 6.09. The van der Waals surface area contributed by atoms with Crippen LogP contribution in [0.1, 0.15) is 23.3 Å². The second-order valence-electron chi connectivity index (χ2n) is 5.25.